The third kappa shape index (κ3) is 1.36. The van der Waals surface area contributed by atoms with Gasteiger partial charge in [0.15, 0.2) is 0 Å². The van der Waals surface area contributed by atoms with E-state index in [1.54, 1.807) is 0 Å². The molecule has 0 aliphatic heterocycles. The Bertz CT molecular complexity index is 698. The maximum absolute atomic E-state index is 3.35. The van der Waals surface area contributed by atoms with Gasteiger partial charge in [0.05, 0.1) is 11.4 Å². The summed E-state index contributed by atoms with van der Waals surface area (Å²) in [5, 5.41) is 2.19. The van der Waals surface area contributed by atoms with Crippen LogP contribution in [0.2, 0.25) is 0 Å². The van der Waals surface area contributed by atoms with Crippen molar-refractivity contribution in [2.75, 3.05) is 0 Å². The van der Waals surface area contributed by atoms with E-state index in [9.17, 15) is 0 Å². The summed E-state index contributed by atoms with van der Waals surface area (Å²) in [6.07, 6.45) is 0. The van der Waals surface area contributed by atoms with Crippen LogP contribution < -0.4 is 0 Å². The molecular formula is C16H10N2. The maximum atomic E-state index is 3.35. The van der Waals surface area contributed by atoms with Crippen LogP contribution in [-0.4, -0.2) is 9.97 Å². The predicted molar refractivity (Wildman–Crippen MR) is 73.3 cm³/mol. The zero-order chi connectivity index (χ0) is 11.9. The number of nitrogens with one attached hydrogen (secondary N) is 2. The Morgan fingerprint density at radius 1 is 0.611 bits per heavy atom. The molecule has 0 saturated heterocycles. The van der Waals surface area contributed by atoms with Crippen LogP contribution in [0.25, 0.3) is 33.2 Å². The maximum Gasteiger partial charge on any atom is 0.0717 e. The summed E-state index contributed by atoms with van der Waals surface area (Å²) in [4.78, 5) is 6.71. The van der Waals surface area contributed by atoms with Crippen molar-refractivity contribution in [3.63, 3.8) is 0 Å². The number of hydrogen-bond acceptors (Lipinski definition) is 0. The van der Waals surface area contributed by atoms with Crippen molar-refractivity contribution in [2.45, 2.75) is 0 Å². The molecule has 0 aliphatic carbocycles. The standard InChI is InChI=1S/C16H10N2/c1-3-7-13-11(5-1)9-15(17-13)16-10-12-6-2-4-8-14(12)18-16/h1-8,17-18H. The van der Waals surface area contributed by atoms with E-state index in [1.807, 2.05) is 24.3 Å². The van der Waals surface area contributed by atoms with Crippen LogP contribution in [0.4, 0.5) is 0 Å². The second-order valence-electron chi connectivity index (χ2n) is 4.34. The first-order valence-electron chi connectivity index (χ1n) is 5.90. The van der Waals surface area contributed by atoms with E-state index < -0.39 is 0 Å². The van der Waals surface area contributed by atoms with Crippen molar-refractivity contribution >= 4 is 21.8 Å². The molecule has 2 aromatic heterocycles. The highest BCUT2D eigenvalue weighted by atomic mass is 14.8. The van der Waals surface area contributed by atoms with E-state index >= 15 is 0 Å². The van der Waals surface area contributed by atoms with Gasteiger partial charge in [-0.2, -0.15) is 0 Å². The van der Waals surface area contributed by atoms with Crippen LogP contribution in [0.1, 0.15) is 0 Å². The molecule has 2 N–H and O–H groups in total. The van der Waals surface area contributed by atoms with E-state index in [1.165, 1.54) is 0 Å². The summed E-state index contributed by atoms with van der Waals surface area (Å²) in [5.74, 6) is 0. The molecule has 2 heteroatoms. The van der Waals surface area contributed by atoms with Gasteiger partial charge in [-0.05, 0) is 12.1 Å². The molecule has 0 unspecified atom stereocenters. The van der Waals surface area contributed by atoms with Crippen LogP contribution >= 0.6 is 0 Å². The smallest absolute Gasteiger partial charge is 0.0717 e. The fourth-order valence-corrected chi connectivity index (χ4v) is 2.25. The SMILES string of the molecule is [c]1c(-c2[c]c3ccccc3[nH]2)[nH]c2ccccc12. The van der Waals surface area contributed by atoms with Crippen LogP contribution in [0, 0.1) is 12.1 Å². The van der Waals surface area contributed by atoms with Crippen LogP contribution in [0.3, 0.4) is 0 Å². The van der Waals surface area contributed by atoms with Crippen molar-refractivity contribution in [1.29, 1.82) is 0 Å². The molecule has 4 rings (SSSR count). The molecule has 2 nitrogen and oxygen atoms in total. The third-order valence-corrected chi connectivity index (χ3v) is 3.14. The molecule has 0 fully saturated rings. The number of aromatic nitrogens is 2. The minimum Gasteiger partial charge on any atom is -0.353 e. The normalized spacial score (nSPS) is 11.3. The Morgan fingerprint density at radius 3 is 1.50 bits per heavy atom. The first-order chi connectivity index (χ1) is 8.90. The lowest BCUT2D eigenvalue weighted by Crippen LogP contribution is -1.75. The Balaban J connectivity index is 1.95. The molecule has 0 bridgehead atoms. The molecule has 84 valence electrons. The van der Waals surface area contributed by atoms with Crippen LogP contribution in [-0.2, 0) is 0 Å². The second-order valence-corrected chi connectivity index (χ2v) is 4.34. The summed E-state index contributed by atoms with van der Waals surface area (Å²) < 4.78 is 0. The van der Waals surface area contributed by atoms with Gasteiger partial charge >= 0.3 is 0 Å². The summed E-state index contributed by atoms with van der Waals surface area (Å²) in [6, 6.07) is 23.0. The number of aromatic amines is 2. The molecule has 0 atom stereocenters. The summed E-state index contributed by atoms with van der Waals surface area (Å²) in [7, 11) is 0. The summed E-state index contributed by atoms with van der Waals surface area (Å²) in [6.45, 7) is 0. The second kappa shape index (κ2) is 3.50. The van der Waals surface area contributed by atoms with Crippen molar-refractivity contribution in [1.82, 2.24) is 9.97 Å². The van der Waals surface area contributed by atoms with Crippen molar-refractivity contribution in [2.24, 2.45) is 0 Å². The Kier molecular flexibility index (Phi) is 1.86. The lowest BCUT2D eigenvalue weighted by Gasteiger charge is -1.89. The van der Waals surface area contributed by atoms with Gasteiger partial charge < -0.3 is 9.97 Å². The van der Waals surface area contributed by atoms with E-state index in [4.69, 9.17) is 0 Å². The van der Waals surface area contributed by atoms with Crippen LogP contribution in [0.15, 0.2) is 48.5 Å². The minimum atomic E-state index is 0.951. The Morgan fingerprint density at radius 2 is 1.06 bits per heavy atom. The van der Waals surface area contributed by atoms with Gasteiger partial charge in [0.1, 0.15) is 0 Å². The van der Waals surface area contributed by atoms with Crippen LogP contribution in [0.5, 0.6) is 0 Å². The first kappa shape index (κ1) is 9.54. The molecule has 18 heavy (non-hydrogen) atoms. The lowest BCUT2D eigenvalue weighted by atomic mass is 10.2. The number of H-pyrrole nitrogens is 2. The molecular weight excluding hydrogens is 220 g/mol. The lowest BCUT2D eigenvalue weighted by molar-refractivity contribution is 1.37. The highest BCUT2D eigenvalue weighted by Gasteiger charge is 2.06. The van der Waals surface area contributed by atoms with Gasteiger partial charge in [-0.15, -0.1) is 0 Å². The van der Waals surface area contributed by atoms with Crippen molar-refractivity contribution in [3.8, 4) is 11.4 Å². The highest BCUT2D eigenvalue weighted by molar-refractivity contribution is 5.88. The average Bonchev–Trinajstić information content (AvgIpc) is 3.02. The highest BCUT2D eigenvalue weighted by Crippen LogP contribution is 2.25. The quantitative estimate of drug-likeness (QED) is 0.497. The van der Waals surface area contributed by atoms with E-state index in [-0.39, 0.29) is 0 Å². The molecule has 4 aromatic rings. The first-order valence-corrected chi connectivity index (χ1v) is 5.90. The van der Waals surface area contributed by atoms with Gasteiger partial charge in [0, 0.05) is 33.9 Å². The number of rotatable bonds is 1. The topological polar surface area (TPSA) is 31.6 Å². The molecule has 0 spiro atoms. The van der Waals surface area contributed by atoms with Gasteiger partial charge in [-0.1, -0.05) is 36.4 Å². The van der Waals surface area contributed by atoms with Gasteiger partial charge in [-0.3, -0.25) is 0 Å². The zero-order valence-corrected chi connectivity index (χ0v) is 9.62. The predicted octanol–water partition coefficient (Wildman–Crippen LogP) is 3.92. The van der Waals surface area contributed by atoms with Gasteiger partial charge in [0.2, 0.25) is 0 Å². The van der Waals surface area contributed by atoms with E-state index in [2.05, 4.69) is 46.4 Å². The number of benzene rings is 2. The minimum absolute atomic E-state index is 0.951. The summed E-state index contributed by atoms with van der Waals surface area (Å²) in [5.41, 5.74) is 4.10. The number of hydrogen-bond donors (Lipinski definition) is 2. The van der Waals surface area contributed by atoms with Crippen molar-refractivity contribution in [3.05, 3.63) is 60.7 Å². The largest absolute Gasteiger partial charge is 0.353 e. The monoisotopic (exact) mass is 230 g/mol. The van der Waals surface area contributed by atoms with Gasteiger partial charge in [-0.25, -0.2) is 0 Å². The molecule has 0 amide bonds. The Labute approximate surface area is 104 Å². The average molecular weight is 230 g/mol. The van der Waals surface area contributed by atoms with E-state index in [0.29, 0.717) is 0 Å². The van der Waals surface area contributed by atoms with Crippen molar-refractivity contribution < 1.29 is 0 Å². The molecule has 2 aromatic carbocycles. The third-order valence-electron chi connectivity index (χ3n) is 3.14. The van der Waals surface area contributed by atoms with E-state index in [0.717, 1.165) is 33.2 Å². The molecule has 0 saturated carbocycles. The van der Waals surface area contributed by atoms with Gasteiger partial charge in [0.25, 0.3) is 0 Å². The molecule has 0 aliphatic rings. The fourth-order valence-electron chi connectivity index (χ4n) is 2.25. The molecule has 2 heterocycles. The number of fused-ring (bicyclic) bond motifs is 2. The molecule has 2 radical (unpaired) electrons. The summed E-state index contributed by atoms with van der Waals surface area (Å²) >= 11 is 0. The number of para-hydroxylation sites is 2. The fraction of sp³-hybridized carbons (Fsp3) is 0. The zero-order valence-electron chi connectivity index (χ0n) is 9.62. The Hall–Kier alpha value is -2.48.